The minimum Gasteiger partial charge on any atom is -0.389 e. The lowest BCUT2D eigenvalue weighted by Gasteiger charge is -2.23. The van der Waals surface area contributed by atoms with Crippen molar-refractivity contribution in [3.8, 4) is 0 Å². The van der Waals surface area contributed by atoms with Crippen LogP contribution in [0.1, 0.15) is 32.4 Å². The molecule has 0 aromatic heterocycles. The van der Waals surface area contributed by atoms with E-state index in [0.29, 0.717) is 12.5 Å². The standard InChI is InChI=1S/C15H24N2O2/c1-11(2)9-16-15(19)10-17(4)14-8-6-5-7-13(14)12(3)18/h5-8,11-12,18H,9-10H2,1-4H3,(H,16,19). The van der Waals surface area contributed by atoms with E-state index in [1.165, 1.54) is 0 Å². The molecule has 1 rings (SSSR count). The summed E-state index contributed by atoms with van der Waals surface area (Å²) in [4.78, 5) is 13.7. The third-order valence-corrected chi connectivity index (χ3v) is 2.89. The molecule has 0 fully saturated rings. The summed E-state index contributed by atoms with van der Waals surface area (Å²) in [5.74, 6) is 0.440. The van der Waals surface area contributed by atoms with Gasteiger partial charge < -0.3 is 15.3 Å². The maximum atomic E-state index is 11.8. The van der Waals surface area contributed by atoms with Crippen molar-refractivity contribution in [3.63, 3.8) is 0 Å². The normalized spacial score (nSPS) is 12.3. The molecular weight excluding hydrogens is 240 g/mol. The number of para-hydroxylation sites is 1. The summed E-state index contributed by atoms with van der Waals surface area (Å²) in [5.41, 5.74) is 1.72. The Morgan fingerprint density at radius 3 is 2.53 bits per heavy atom. The van der Waals surface area contributed by atoms with Crippen molar-refractivity contribution in [2.75, 3.05) is 25.0 Å². The lowest BCUT2D eigenvalue weighted by atomic mass is 10.1. The molecule has 2 N–H and O–H groups in total. The molecule has 0 aliphatic heterocycles. The van der Waals surface area contributed by atoms with Crippen LogP contribution in [0.5, 0.6) is 0 Å². The largest absolute Gasteiger partial charge is 0.389 e. The first-order valence-electron chi connectivity index (χ1n) is 6.66. The van der Waals surface area contributed by atoms with E-state index in [1.54, 1.807) is 6.92 Å². The second kappa shape index (κ2) is 7.14. The number of benzene rings is 1. The summed E-state index contributed by atoms with van der Waals surface area (Å²) < 4.78 is 0. The Bertz CT molecular complexity index is 416. The molecule has 0 saturated carbocycles. The van der Waals surface area contributed by atoms with Gasteiger partial charge >= 0.3 is 0 Å². The van der Waals surface area contributed by atoms with Crippen LogP contribution in [0.15, 0.2) is 24.3 Å². The Balaban J connectivity index is 2.68. The lowest BCUT2D eigenvalue weighted by Crippen LogP contribution is -2.37. The number of anilines is 1. The van der Waals surface area contributed by atoms with Crippen LogP contribution in [-0.2, 0) is 4.79 Å². The average Bonchev–Trinajstić information content (AvgIpc) is 2.36. The van der Waals surface area contributed by atoms with Gasteiger partial charge in [-0.05, 0) is 18.9 Å². The fraction of sp³-hybridized carbons (Fsp3) is 0.533. The molecule has 1 aromatic rings. The van der Waals surface area contributed by atoms with Gasteiger partial charge in [-0.3, -0.25) is 4.79 Å². The Morgan fingerprint density at radius 1 is 1.32 bits per heavy atom. The predicted octanol–water partition coefficient (Wildman–Crippen LogP) is 1.95. The zero-order chi connectivity index (χ0) is 14.4. The first-order chi connectivity index (χ1) is 8.91. The number of hydrogen-bond donors (Lipinski definition) is 2. The second-order valence-corrected chi connectivity index (χ2v) is 5.29. The van der Waals surface area contributed by atoms with Gasteiger partial charge in [0.1, 0.15) is 0 Å². The number of nitrogens with zero attached hydrogens (tertiary/aromatic N) is 1. The third kappa shape index (κ3) is 4.91. The van der Waals surface area contributed by atoms with Crippen molar-refractivity contribution in [2.45, 2.75) is 26.9 Å². The van der Waals surface area contributed by atoms with Crippen LogP contribution in [0.3, 0.4) is 0 Å². The molecule has 4 heteroatoms. The molecule has 1 amide bonds. The van der Waals surface area contributed by atoms with E-state index in [1.807, 2.05) is 36.2 Å². The molecule has 1 aromatic carbocycles. The van der Waals surface area contributed by atoms with Gasteiger partial charge in [0.05, 0.1) is 12.6 Å². The topological polar surface area (TPSA) is 52.6 Å². The number of aliphatic hydroxyl groups is 1. The number of aliphatic hydroxyl groups excluding tert-OH is 1. The number of nitrogens with one attached hydrogen (secondary N) is 1. The number of hydrogen-bond acceptors (Lipinski definition) is 3. The second-order valence-electron chi connectivity index (χ2n) is 5.29. The minimum absolute atomic E-state index is 0.00315. The van der Waals surface area contributed by atoms with Gasteiger partial charge in [-0.1, -0.05) is 32.0 Å². The first-order valence-corrected chi connectivity index (χ1v) is 6.66. The SMILES string of the molecule is CC(C)CNC(=O)CN(C)c1ccccc1C(C)O. The van der Waals surface area contributed by atoms with Crippen LogP contribution in [0.4, 0.5) is 5.69 Å². The summed E-state index contributed by atoms with van der Waals surface area (Å²) in [6, 6.07) is 7.59. The minimum atomic E-state index is -0.544. The number of carbonyl (C=O) groups excluding carboxylic acids is 1. The van der Waals surface area contributed by atoms with E-state index in [0.717, 1.165) is 11.3 Å². The smallest absolute Gasteiger partial charge is 0.239 e. The predicted molar refractivity (Wildman–Crippen MR) is 78.2 cm³/mol. The van der Waals surface area contributed by atoms with Crippen molar-refractivity contribution < 1.29 is 9.90 Å². The van der Waals surface area contributed by atoms with E-state index in [-0.39, 0.29) is 12.5 Å². The van der Waals surface area contributed by atoms with Crippen LogP contribution < -0.4 is 10.2 Å². The summed E-state index contributed by atoms with van der Waals surface area (Å²) in [6.45, 7) is 6.83. The van der Waals surface area contributed by atoms with Crippen LogP contribution in [0.25, 0.3) is 0 Å². The van der Waals surface area contributed by atoms with Crippen molar-refractivity contribution >= 4 is 11.6 Å². The van der Waals surface area contributed by atoms with Crippen molar-refractivity contribution in [2.24, 2.45) is 5.92 Å². The zero-order valence-corrected chi connectivity index (χ0v) is 12.2. The Kier molecular flexibility index (Phi) is 5.83. The monoisotopic (exact) mass is 264 g/mol. The van der Waals surface area contributed by atoms with Crippen molar-refractivity contribution in [1.82, 2.24) is 5.32 Å². The molecule has 0 heterocycles. The maximum Gasteiger partial charge on any atom is 0.239 e. The van der Waals surface area contributed by atoms with Crippen LogP contribution in [0, 0.1) is 5.92 Å². The number of likely N-dealkylation sites (N-methyl/N-ethyl adjacent to an activating group) is 1. The zero-order valence-electron chi connectivity index (χ0n) is 12.2. The fourth-order valence-corrected chi connectivity index (χ4v) is 1.86. The molecule has 0 bridgehead atoms. The van der Waals surface area contributed by atoms with Crippen LogP contribution in [0.2, 0.25) is 0 Å². The molecule has 0 spiro atoms. The highest BCUT2D eigenvalue weighted by atomic mass is 16.3. The van der Waals surface area contributed by atoms with Gasteiger partial charge in [-0.2, -0.15) is 0 Å². The van der Waals surface area contributed by atoms with E-state index < -0.39 is 6.10 Å². The molecule has 0 aliphatic carbocycles. The Morgan fingerprint density at radius 2 is 1.95 bits per heavy atom. The maximum absolute atomic E-state index is 11.8. The van der Waals surface area contributed by atoms with E-state index >= 15 is 0 Å². The van der Waals surface area contributed by atoms with Gasteiger partial charge in [0.2, 0.25) is 5.91 Å². The van der Waals surface area contributed by atoms with Crippen LogP contribution >= 0.6 is 0 Å². The molecule has 0 radical (unpaired) electrons. The summed E-state index contributed by atoms with van der Waals surface area (Å²) in [5, 5.41) is 12.6. The third-order valence-electron chi connectivity index (χ3n) is 2.89. The fourth-order valence-electron chi connectivity index (χ4n) is 1.86. The Labute approximate surface area is 115 Å². The summed E-state index contributed by atoms with van der Waals surface area (Å²) in [6.07, 6.45) is -0.544. The molecule has 0 aliphatic rings. The number of rotatable bonds is 6. The van der Waals surface area contributed by atoms with Crippen molar-refractivity contribution in [3.05, 3.63) is 29.8 Å². The average molecular weight is 264 g/mol. The van der Waals surface area contributed by atoms with Gasteiger partial charge in [0.25, 0.3) is 0 Å². The molecule has 0 saturated heterocycles. The van der Waals surface area contributed by atoms with Gasteiger partial charge in [-0.25, -0.2) is 0 Å². The van der Waals surface area contributed by atoms with Crippen LogP contribution in [-0.4, -0.2) is 31.2 Å². The molecular formula is C15H24N2O2. The number of amides is 1. The molecule has 1 unspecified atom stereocenters. The van der Waals surface area contributed by atoms with Gasteiger partial charge in [0.15, 0.2) is 0 Å². The summed E-state index contributed by atoms with van der Waals surface area (Å²) >= 11 is 0. The van der Waals surface area contributed by atoms with Gasteiger partial charge in [-0.15, -0.1) is 0 Å². The van der Waals surface area contributed by atoms with E-state index in [4.69, 9.17) is 0 Å². The molecule has 19 heavy (non-hydrogen) atoms. The summed E-state index contributed by atoms with van der Waals surface area (Å²) in [7, 11) is 1.86. The Hall–Kier alpha value is -1.55. The molecule has 4 nitrogen and oxygen atoms in total. The van der Waals surface area contributed by atoms with E-state index in [2.05, 4.69) is 19.2 Å². The van der Waals surface area contributed by atoms with E-state index in [9.17, 15) is 9.90 Å². The first kappa shape index (κ1) is 15.5. The highest BCUT2D eigenvalue weighted by Crippen LogP contribution is 2.24. The quantitative estimate of drug-likeness (QED) is 0.825. The molecule has 106 valence electrons. The highest BCUT2D eigenvalue weighted by molar-refractivity contribution is 5.81. The van der Waals surface area contributed by atoms with Crippen molar-refractivity contribution in [1.29, 1.82) is 0 Å². The van der Waals surface area contributed by atoms with Gasteiger partial charge in [0, 0.05) is 24.8 Å². The highest BCUT2D eigenvalue weighted by Gasteiger charge is 2.13. The molecule has 1 atom stereocenters. The lowest BCUT2D eigenvalue weighted by molar-refractivity contribution is -0.119. The number of carbonyl (C=O) groups is 1.